The third-order valence-corrected chi connectivity index (χ3v) is 2.48. The highest BCUT2D eigenvalue weighted by Gasteiger charge is 2.09. The number of rotatable bonds is 3. The Labute approximate surface area is 96.1 Å². The SMILES string of the molecule is COc1cc(I)cnc1NS(C)(=O)=O. The molecular weight excluding hydrogens is 319 g/mol. The van der Waals surface area contributed by atoms with Crippen molar-refractivity contribution in [2.45, 2.75) is 0 Å². The van der Waals surface area contributed by atoms with E-state index < -0.39 is 10.0 Å². The van der Waals surface area contributed by atoms with Crippen LogP contribution in [-0.2, 0) is 10.0 Å². The molecule has 0 bridgehead atoms. The lowest BCUT2D eigenvalue weighted by atomic mass is 10.4. The topological polar surface area (TPSA) is 68.3 Å². The molecule has 0 aromatic carbocycles. The average molecular weight is 328 g/mol. The van der Waals surface area contributed by atoms with Gasteiger partial charge in [0.15, 0.2) is 11.6 Å². The maximum atomic E-state index is 10.9. The molecule has 1 aromatic heterocycles. The number of methoxy groups -OCH3 is 1. The predicted molar refractivity (Wildman–Crippen MR) is 62.0 cm³/mol. The van der Waals surface area contributed by atoms with E-state index in [1.807, 2.05) is 0 Å². The minimum absolute atomic E-state index is 0.204. The molecule has 1 rings (SSSR count). The number of anilines is 1. The van der Waals surface area contributed by atoms with Gasteiger partial charge >= 0.3 is 0 Å². The van der Waals surface area contributed by atoms with Gasteiger partial charge in [0.1, 0.15) is 0 Å². The number of nitrogens with one attached hydrogen (secondary N) is 1. The van der Waals surface area contributed by atoms with E-state index in [-0.39, 0.29) is 5.82 Å². The van der Waals surface area contributed by atoms with E-state index in [9.17, 15) is 8.42 Å². The second-order valence-corrected chi connectivity index (χ2v) is 5.57. The third-order valence-electron chi connectivity index (χ3n) is 1.32. The monoisotopic (exact) mass is 328 g/mol. The smallest absolute Gasteiger partial charge is 0.231 e. The summed E-state index contributed by atoms with van der Waals surface area (Å²) in [6.07, 6.45) is 2.61. The van der Waals surface area contributed by atoms with E-state index in [0.29, 0.717) is 5.75 Å². The molecule has 0 saturated heterocycles. The van der Waals surface area contributed by atoms with E-state index in [2.05, 4.69) is 32.3 Å². The molecular formula is C7H9IN2O3S. The van der Waals surface area contributed by atoms with Crippen LogP contribution in [0.5, 0.6) is 5.75 Å². The summed E-state index contributed by atoms with van der Waals surface area (Å²) >= 11 is 2.06. The third kappa shape index (κ3) is 3.29. The fourth-order valence-electron chi connectivity index (χ4n) is 0.829. The number of pyridine rings is 1. The van der Waals surface area contributed by atoms with Crippen LogP contribution in [0.1, 0.15) is 0 Å². The van der Waals surface area contributed by atoms with Gasteiger partial charge < -0.3 is 4.74 Å². The van der Waals surface area contributed by atoms with Crippen LogP contribution < -0.4 is 9.46 Å². The van der Waals surface area contributed by atoms with Gasteiger partial charge in [-0.3, -0.25) is 4.72 Å². The second-order valence-electron chi connectivity index (χ2n) is 2.58. The Kier molecular flexibility index (Phi) is 3.53. The summed E-state index contributed by atoms with van der Waals surface area (Å²) in [6, 6.07) is 1.70. The van der Waals surface area contributed by atoms with Crippen LogP contribution in [0.4, 0.5) is 5.82 Å². The highest BCUT2D eigenvalue weighted by atomic mass is 127. The summed E-state index contributed by atoms with van der Waals surface area (Å²) in [6.45, 7) is 0. The molecule has 78 valence electrons. The van der Waals surface area contributed by atoms with Crippen LogP contribution in [-0.4, -0.2) is 26.8 Å². The summed E-state index contributed by atoms with van der Waals surface area (Å²) in [5.41, 5.74) is 0. The van der Waals surface area contributed by atoms with Crippen LogP contribution in [0.25, 0.3) is 0 Å². The van der Waals surface area contributed by atoms with Crippen LogP contribution in [0.3, 0.4) is 0 Å². The molecule has 0 atom stereocenters. The largest absolute Gasteiger partial charge is 0.493 e. The van der Waals surface area contributed by atoms with Gasteiger partial charge in [0.25, 0.3) is 0 Å². The second kappa shape index (κ2) is 4.30. The number of ether oxygens (including phenoxy) is 1. The molecule has 1 N–H and O–H groups in total. The van der Waals surface area contributed by atoms with Gasteiger partial charge in [0, 0.05) is 9.77 Å². The van der Waals surface area contributed by atoms with E-state index in [4.69, 9.17) is 4.74 Å². The number of hydrogen-bond acceptors (Lipinski definition) is 4. The molecule has 7 heteroatoms. The van der Waals surface area contributed by atoms with Crippen LogP contribution in [0.2, 0.25) is 0 Å². The molecule has 1 heterocycles. The van der Waals surface area contributed by atoms with E-state index in [0.717, 1.165) is 9.83 Å². The number of nitrogens with zero attached hydrogens (tertiary/aromatic N) is 1. The zero-order valence-corrected chi connectivity index (χ0v) is 10.6. The normalized spacial score (nSPS) is 11.1. The Balaban J connectivity index is 3.09. The predicted octanol–water partition coefficient (Wildman–Crippen LogP) is 1.07. The van der Waals surface area contributed by atoms with Crippen LogP contribution >= 0.6 is 22.6 Å². The van der Waals surface area contributed by atoms with Gasteiger partial charge in [0.05, 0.1) is 13.4 Å². The Hall–Kier alpha value is -0.570. The molecule has 0 aliphatic rings. The molecule has 0 saturated carbocycles. The molecule has 14 heavy (non-hydrogen) atoms. The molecule has 0 radical (unpaired) electrons. The molecule has 5 nitrogen and oxygen atoms in total. The maximum Gasteiger partial charge on any atom is 0.231 e. The quantitative estimate of drug-likeness (QED) is 0.843. The number of aromatic nitrogens is 1. The summed E-state index contributed by atoms with van der Waals surface area (Å²) in [5.74, 6) is 0.609. The highest BCUT2D eigenvalue weighted by molar-refractivity contribution is 14.1. The van der Waals surface area contributed by atoms with Crippen molar-refractivity contribution in [3.8, 4) is 5.75 Å². The summed E-state index contributed by atoms with van der Waals surface area (Å²) < 4.78 is 30.0. The molecule has 0 aliphatic carbocycles. The summed E-state index contributed by atoms with van der Waals surface area (Å²) in [7, 11) is -1.86. The fourth-order valence-corrected chi connectivity index (χ4v) is 1.76. The lowest BCUT2D eigenvalue weighted by Crippen LogP contribution is -2.11. The first-order valence-corrected chi connectivity index (χ1v) is 6.57. The highest BCUT2D eigenvalue weighted by Crippen LogP contribution is 2.23. The van der Waals surface area contributed by atoms with E-state index >= 15 is 0 Å². The fraction of sp³-hybridized carbons (Fsp3) is 0.286. The number of hydrogen-bond donors (Lipinski definition) is 1. The first kappa shape index (κ1) is 11.5. The van der Waals surface area contributed by atoms with Crippen molar-refractivity contribution in [2.24, 2.45) is 0 Å². The summed E-state index contributed by atoms with van der Waals surface area (Å²) in [5, 5.41) is 0. The molecule has 1 aromatic rings. The van der Waals surface area contributed by atoms with Gasteiger partial charge in [-0.15, -0.1) is 0 Å². The molecule has 0 amide bonds. The maximum absolute atomic E-state index is 10.9. The van der Waals surface area contributed by atoms with Gasteiger partial charge in [0.2, 0.25) is 10.0 Å². The zero-order chi connectivity index (χ0) is 10.8. The van der Waals surface area contributed by atoms with Gasteiger partial charge in [-0.1, -0.05) is 0 Å². The van der Waals surface area contributed by atoms with Crippen molar-refractivity contribution >= 4 is 38.4 Å². The van der Waals surface area contributed by atoms with Crippen molar-refractivity contribution in [3.05, 3.63) is 15.8 Å². The van der Waals surface area contributed by atoms with Crippen molar-refractivity contribution in [3.63, 3.8) is 0 Å². The average Bonchev–Trinajstić information content (AvgIpc) is 2.06. The molecule has 0 spiro atoms. The summed E-state index contributed by atoms with van der Waals surface area (Å²) in [4.78, 5) is 3.91. The molecule has 0 aliphatic heterocycles. The van der Waals surface area contributed by atoms with Crippen molar-refractivity contribution in [1.29, 1.82) is 0 Å². The van der Waals surface area contributed by atoms with E-state index in [1.165, 1.54) is 7.11 Å². The van der Waals surface area contributed by atoms with Gasteiger partial charge in [-0.05, 0) is 28.7 Å². The van der Waals surface area contributed by atoms with Crippen LogP contribution in [0, 0.1) is 3.57 Å². The number of halogens is 1. The molecule has 0 fully saturated rings. The molecule has 0 unspecified atom stereocenters. The Morgan fingerprint density at radius 2 is 2.21 bits per heavy atom. The van der Waals surface area contributed by atoms with E-state index in [1.54, 1.807) is 12.3 Å². The first-order valence-electron chi connectivity index (χ1n) is 3.59. The Bertz CT molecular complexity index is 433. The number of sulfonamides is 1. The minimum Gasteiger partial charge on any atom is -0.493 e. The van der Waals surface area contributed by atoms with Crippen LogP contribution in [0.15, 0.2) is 12.3 Å². The van der Waals surface area contributed by atoms with Gasteiger partial charge in [-0.2, -0.15) is 0 Å². The van der Waals surface area contributed by atoms with Crippen molar-refractivity contribution in [2.75, 3.05) is 18.1 Å². The Morgan fingerprint density at radius 1 is 1.57 bits per heavy atom. The zero-order valence-electron chi connectivity index (χ0n) is 7.61. The van der Waals surface area contributed by atoms with Gasteiger partial charge in [-0.25, -0.2) is 13.4 Å². The van der Waals surface area contributed by atoms with Crippen molar-refractivity contribution in [1.82, 2.24) is 4.98 Å². The standard InChI is InChI=1S/C7H9IN2O3S/c1-13-6-3-5(8)4-9-7(6)10-14(2,11)12/h3-4H,1-2H3,(H,9,10). The lowest BCUT2D eigenvalue weighted by molar-refractivity contribution is 0.415. The van der Waals surface area contributed by atoms with Crippen molar-refractivity contribution < 1.29 is 13.2 Å². The minimum atomic E-state index is -3.32. The first-order chi connectivity index (χ1) is 6.42. The lowest BCUT2D eigenvalue weighted by Gasteiger charge is -2.08. The Morgan fingerprint density at radius 3 is 2.71 bits per heavy atom.